The minimum absolute atomic E-state index is 0.0333. The molecule has 0 aliphatic carbocycles. The highest BCUT2D eigenvalue weighted by molar-refractivity contribution is 6.04. The third-order valence-electron chi connectivity index (χ3n) is 6.34. The third kappa shape index (κ3) is 2.95. The molecule has 30 heavy (non-hydrogen) atoms. The number of nitrogens with one attached hydrogen (secondary N) is 2. The van der Waals surface area contributed by atoms with E-state index in [4.69, 9.17) is 0 Å². The van der Waals surface area contributed by atoms with Gasteiger partial charge in [0.1, 0.15) is 0 Å². The topological polar surface area (TPSA) is 98.0 Å². The van der Waals surface area contributed by atoms with Crippen LogP contribution in [0.25, 0.3) is 10.8 Å². The number of aryl methyl sites for hydroxylation is 1. The largest absolute Gasteiger partial charge is 0.349 e. The number of aromatic nitrogens is 3. The normalized spacial score (nSPS) is 22.5. The molecular formula is C22H23N5O3. The van der Waals surface area contributed by atoms with Gasteiger partial charge in [-0.2, -0.15) is 5.10 Å². The number of carbonyl (C=O) groups is 1. The highest BCUT2D eigenvalue weighted by atomic mass is 16.2. The maximum Gasteiger partial charge on any atom is 0.274 e. The number of fused-ring (bicyclic) bond motifs is 5. The molecule has 8 nitrogen and oxygen atoms in total. The van der Waals surface area contributed by atoms with Crippen molar-refractivity contribution in [1.29, 1.82) is 0 Å². The van der Waals surface area contributed by atoms with Gasteiger partial charge in [-0.15, -0.1) is 0 Å². The molecule has 3 aromatic rings. The summed E-state index contributed by atoms with van der Waals surface area (Å²) in [6, 6.07) is 12.2. The molecule has 2 aromatic heterocycles. The van der Waals surface area contributed by atoms with E-state index >= 15 is 0 Å². The quantitative estimate of drug-likeness (QED) is 0.671. The number of rotatable bonds is 3. The summed E-state index contributed by atoms with van der Waals surface area (Å²) in [5.41, 5.74) is 0.961. The van der Waals surface area contributed by atoms with E-state index in [-0.39, 0.29) is 34.7 Å². The van der Waals surface area contributed by atoms with Gasteiger partial charge < -0.3 is 15.2 Å². The van der Waals surface area contributed by atoms with Gasteiger partial charge in [0.05, 0.1) is 11.4 Å². The van der Waals surface area contributed by atoms with Crippen molar-refractivity contribution in [2.45, 2.75) is 18.4 Å². The zero-order valence-electron chi connectivity index (χ0n) is 16.7. The van der Waals surface area contributed by atoms with Crippen LogP contribution in [0.4, 0.5) is 0 Å². The van der Waals surface area contributed by atoms with Crippen LogP contribution in [-0.4, -0.2) is 39.9 Å². The summed E-state index contributed by atoms with van der Waals surface area (Å²) < 4.78 is 3.04. The molecule has 2 aliphatic rings. The van der Waals surface area contributed by atoms with Crippen molar-refractivity contribution in [2.24, 2.45) is 13.0 Å². The molecule has 2 bridgehead atoms. The van der Waals surface area contributed by atoms with E-state index < -0.39 is 0 Å². The van der Waals surface area contributed by atoms with E-state index in [9.17, 15) is 14.4 Å². The fraction of sp³-hybridized carbons (Fsp3) is 0.364. The van der Waals surface area contributed by atoms with Gasteiger partial charge >= 0.3 is 0 Å². The summed E-state index contributed by atoms with van der Waals surface area (Å²) in [7, 11) is 1.54. The van der Waals surface area contributed by atoms with Crippen LogP contribution in [0.15, 0.2) is 52.1 Å². The first-order valence-electron chi connectivity index (χ1n) is 10.2. The Kier molecular flexibility index (Phi) is 4.51. The number of amides is 1. The zero-order chi connectivity index (χ0) is 20.8. The highest BCUT2D eigenvalue weighted by Crippen LogP contribution is 2.38. The van der Waals surface area contributed by atoms with Crippen molar-refractivity contribution in [3.8, 4) is 0 Å². The van der Waals surface area contributed by atoms with Crippen LogP contribution in [0.5, 0.6) is 0 Å². The number of hydrogen-bond acceptors (Lipinski definition) is 5. The van der Waals surface area contributed by atoms with E-state index in [1.54, 1.807) is 36.4 Å². The molecule has 1 fully saturated rings. The molecule has 0 radical (unpaired) electrons. The fourth-order valence-corrected chi connectivity index (χ4v) is 4.92. The van der Waals surface area contributed by atoms with E-state index in [1.807, 2.05) is 10.6 Å². The van der Waals surface area contributed by atoms with Crippen molar-refractivity contribution >= 4 is 16.7 Å². The predicted octanol–water partition coefficient (Wildman–Crippen LogP) is 0.773. The van der Waals surface area contributed by atoms with Crippen LogP contribution in [-0.2, 0) is 7.05 Å². The van der Waals surface area contributed by atoms with Crippen molar-refractivity contribution in [2.75, 3.05) is 19.6 Å². The smallest absolute Gasteiger partial charge is 0.274 e. The Hall–Kier alpha value is -3.26. The second-order valence-corrected chi connectivity index (χ2v) is 8.11. The first kappa shape index (κ1) is 18.7. The van der Waals surface area contributed by atoms with E-state index in [1.165, 1.54) is 11.7 Å². The third-order valence-corrected chi connectivity index (χ3v) is 6.34. The number of benzene rings is 1. The second-order valence-electron chi connectivity index (χ2n) is 8.11. The molecule has 154 valence electrons. The molecular weight excluding hydrogens is 382 g/mol. The molecule has 1 amide bonds. The van der Waals surface area contributed by atoms with Gasteiger partial charge in [0.15, 0.2) is 5.69 Å². The second kappa shape index (κ2) is 7.21. The summed E-state index contributed by atoms with van der Waals surface area (Å²) in [4.78, 5) is 38.0. The molecule has 1 aromatic carbocycles. The molecule has 2 N–H and O–H groups in total. The maximum atomic E-state index is 13.0. The average Bonchev–Trinajstić information content (AvgIpc) is 2.76. The standard InChI is InChI=1S/C22H23N5O3/c1-26-22(30)16-6-3-2-5-15(16)20(25-26)21(29)24-12-18-14-9-13(10-23-11-14)17-7-4-8-19(28)27(17)18/h2-8,13-14,18,23H,9-12H2,1H3,(H,24,29)/t13-,14+,18+/m1/s1. The Morgan fingerprint density at radius 1 is 1.13 bits per heavy atom. The Morgan fingerprint density at radius 3 is 2.77 bits per heavy atom. The highest BCUT2D eigenvalue weighted by Gasteiger charge is 2.37. The van der Waals surface area contributed by atoms with Crippen LogP contribution in [0.2, 0.25) is 0 Å². The Bertz CT molecular complexity index is 1260. The lowest BCUT2D eigenvalue weighted by Gasteiger charge is -2.43. The molecule has 0 unspecified atom stereocenters. The van der Waals surface area contributed by atoms with Crippen molar-refractivity contribution < 1.29 is 4.79 Å². The number of piperidine rings is 1. The van der Waals surface area contributed by atoms with Crippen molar-refractivity contribution in [3.05, 3.63) is 74.6 Å². The number of nitrogens with zero attached hydrogens (tertiary/aromatic N) is 3. The lowest BCUT2D eigenvalue weighted by molar-refractivity contribution is 0.0927. The van der Waals surface area contributed by atoms with Crippen molar-refractivity contribution in [1.82, 2.24) is 25.0 Å². The van der Waals surface area contributed by atoms with Crippen LogP contribution in [0, 0.1) is 5.92 Å². The number of pyridine rings is 1. The molecule has 8 heteroatoms. The van der Waals surface area contributed by atoms with Gasteiger partial charge in [-0.25, -0.2) is 4.68 Å². The van der Waals surface area contributed by atoms with Crippen molar-refractivity contribution in [3.63, 3.8) is 0 Å². The lowest BCUT2D eigenvalue weighted by Crippen LogP contribution is -2.50. The van der Waals surface area contributed by atoms with E-state index in [2.05, 4.69) is 15.7 Å². The van der Waals surface area contributed by atoms with Gasteiger partial charge in [0.25, 0.3) is 17.0 Å². The summed E-state index contributed by atoms with van der Waals surface area (Å²) in [6.07, 6.45) is 0.998. The monoisotopic (exact) mass is 405 g/mol. The molecule has 2 aliphatic heterocycles. The molecule has 4 heterocycles. The Balaban J connectivity index is 1.47. The predicted molar refractivity (Wildman–Crippen MR) is 113 cm³/mol. The van der Waals surface area contributed by atoms with Gasteiger partial charge in [0, 0.05) is 49.7 Å². The van der Waals surface area contributed by atoms with Crippen LogP contribution >= 0.6 is 0 Å². The summed E-state index contributed by atoms with van der Waals surface area (Å²) >= 11 is 0. The minimum atomic E-state index is -0.349. The summed E-state index contributed by atoms with van der Waals surface area (Å²) in [5.74, 6) is 0.235. The van der Waals surface area contributed by atoms with E-state index in [0.717, 1.165) is 25.2 Å². The Labute approximate surface area is 172 Å². The molecule has 5 rings (SSSR count). The van der Waals surface area contributed by atoms with E-state index in [0.29, 0.717) is 23.2 Å². The van der Waals surface area contributed by atoms with Gasteiger partial charge in [-0.05, 0) is 24.5 Å². The van der Waals surface area contributed by atoms with Gasteiger partial charge in [-0.1, -0.05) is 24.3 Å². The molecule has 0 spiro atoms. The average molecular weight is 405 g/mol. The number of carbonyl (C=O) groups excluding carboxylic acids is 1. The Morgan fingerprint density at radius 2 is 1.93 bits per heavy atom. The fourth-order valence-electron chi connectivity index (χ4n) is 4.92. The van der Waals surface area contributed by atoms with Gasteiger partial charge in [-0.3, -0.25) is 14.4 Å². The lowest BCUT2D eigenvalue weighted by atomic mass is 9.79. The maximum absolute atomic E-state index is 13.0. The van der Waals surface area contributed by atoms with Gasteiger partial charge in [0.2, 0.25) is 0 Å². The molecule has 1 saturated heterocycles. The zero-order valence-corrected chi connectivity index (χ0v) is 16.7. The molecule has 0 saturated carbocycles. The minimum Gasteiger partial charge on any atom is -0.349 e. The number of hydrogen-bond donors (Lipinski definition) is 2. The first-order valence-corrected chi connectivity index (χ1v) is 10.2. The van der Waals surface area contributed by atoms with Crippen LogP contribution < -0.4 is 21.8 Å². The summed E-state index contributed by atoms with van der Waals surface area (Å²) in [5, 5.41) is 11.6. The van der Waals surface area contributed by atoms with Crippen LogP contribution in [0.1, 0.15) is 34.6 Å². The SMILES string of the molecule is Cn1nc(C(=O)NC[C@H]2[C@@H]3CNC[C@@H](C3)c3cccc(=O)n32)c2ccccc2c1=O. The van der Waals surface area contributed by atoms with Crippen LogP contribution in [0.3, 0.4) is 0 Å². The summed E-state index contributed by atoms with van der Waals surface area (Å²) in [6.45, 7) is 2.01. The molecule has 3 atom stereocenters. The first-order chi connectivity index (χ1) is 14.5.